The van der Waals surface area contributed by atoms with Gasteiger partial charge >= 0.3 is 12.1 Å². The lowest BCUT2D eigenvalue weighted by Gasteiger charge is -2.20. The van der Waals surface area contributed by atoms with Gasteiger partial charge in [0, 0.05) is 6.54 Å². The molecule has 84 valence electrons. The Labute approximate surface area is 88.0 Å². The fourth-order valence-electron chi connectivity index (χ4n) is 1.80. The number of likely N-dealkylation sites (tertiary alicyclic amines) is 1. The monoisotopic (exact) mass is 213 g/mol. The molecule has 0 aromatic rings. The van der Waals surface area contributed by atoms with E-state index >= 15 is 0 Å². The third-order valence-corrected chi connectivity index (χ3v) is 2.91. The smallest absolute Gasteiger partial charge is 0.410 e. The third kappa shape index (κ3) is 2.40. The molecule has 1 aliphatic heterocycles. The van der Waals surface area contributed by atoms with E-state index in [2.05, 4.69) is 0 Å². The summed E-state index contributed by atoms with van der Waals surface area (Å²) in [4.78, 5) is 23.7. The zero-order chi connectivity index (χ0) is 10.8. The Balaban J connectivity index is 1.84. The molecule has 0 aromatic heterocycles. The highest BCUT2D eigenvalue weighted by Crippen LogP contribution is 2.29. The van der Waals surface area contributed by atoms with Crippen molar-refractivity contribution in [2.75, 3.05) is 13.2 Å². The van der Waals surface area contributed by atoms with E-state index in [1.54, 1.807) is 0 Å². The molecule has 15 heavy (non-hydrogen) atoms. The summed E-state index contributed by atoms with van der Waals surface area (Å²) in [5, 5.41) is 8.87. The molecule has 5 heteroatoms. The molecule has 2 rings (SSSR count). The largest absolute Gasteiger partial charge is 0.480 e. The summed E-state index contributed by atoms with van der Waals surface area (Å²) in [6.07, 6.45) is 3.06. The molecule has 1 N–H and O–H groups in total. The lowest BCUT2D eigenvalue weighted by atomic mass is 10.2. The van der Waals surface area contributed by atoms with Crippen molar-refractivity contribution < 1.29 is 19.4 Å². The third-order valence-electron chi connectivity index (χ3n) is 2.91. The summed E-state index contributed by atoms with van der Waals surface area (Å²) in [7, 11) is 0. The summed E-state index contributed by atoms with van der Waals surface area (Å²) in [6.45, 7) is 0.947. The number of hydrogen-bond acceptors (Lipinski definition) is 3. The number of carbonyl (C=O) groups excluding carboxylic acids is 1. The van der Waals surface area contributed by atoms with Crippen molar-refractivity contribution in [1.82, 2.24) is 4.90 Å². The molecular weight excluding hydrogens is 198 g/mol. The van der Waals surface area contributed by atoms with Gasteiger partial charge in [-0.15, -0.1) is 0 Å². The highest BCUT2D eigenvalue weighted by atomic mass is 16.6. The Morgan fingerprint density at radius 1 is 1.33 bits per heavy atom. The average Bonchev–Trinajstić information content (AvgIpc) is 2.88. The van der Waals surface area contributed by atoms with Crippen LogP contribution in [0.4, 0.5) is 4.79 Å². The molecule has 2 fully saturated rings. The van der Waals surface area contributed by atoms with Crippen LogP contribution in [0.5, 0.6) is 0 Å². The maximum atomic E-state index is 11.5. The standard InChI is InChI=1S/C10H15NO4/c12-9(13)8-2-1-5-11(8)10(14)15-6-7-3-4-7/h7-8H,1-6H2,(H,12,13). The minimum atomic E-state index is -0.934. The predicted octanol–water partition coefficient (Wildman–Crippen LogP) is 1.08. The number of carboxylic acids is 1. The Kier molecular flexibility index (Phi) is 2.79. The van der Waals surface area contributed by atoms with E-state index in [0.29, 0.717) is 25.5 Å². The Hall–Kier alpha value is -1.26. The van der Waals surface area contributed by atoms with E-state index in [1.165, 1.54) is 4.90 Å². The van der Waals surface area contributed by atoms with Crippen molar-refractivity contribution in [1.29, 1.82) is 0 Å². The van der Waals surface area contributed by atoms with Gasteiger partial charge in [0.15, 0.2) is 0 Å². The van der Waals surface area contributed by atoms with Crippen molar-refractivity contribution in [3.05, 3.63) is 0 Å². The SMILES string of the molecule is O=C(O)C1CCCN1C(=O)OCC1CC1. The van der Waals surface area contributed by atoms with Crippen LogP contribution in [0.2, 0.25) is 0 Å². The Morgan fingerprint density at radius 2 is 2.07 bits per heavy atom. The van der Waals surface area contributed by atoms with Crippen LogP contribution in [-0.4, -0.2) is 41.3 Å². The summed E-state index contributed by atoms with van der Waals surface area (Å²) >= 11 is 0. The van der Waals surface area contributed by atoms with Crippen LogP contribution < -0.4 is 0 Å². The van der Waals surface area contributed by atoms with Crippen molar-refractivity contribution in [3.63, 3.8) is 0 Å². The van der Waals surface area contributed by atoms with Crippen LogP contribution in [0.15, 0.2) is 0 Å². The topological polar surface area (TPSA) is 66.8 Å². The Morgan fingerprint density at radius 3 is 2.67 bits per heavy atom. The van der Waals surface area contributed by atoms with Crippen LogP contribution in [0.3, 0.4) is 0 Å². The number of aliphatic carboxylic acids is 1. The van der Waals surface area contributed by atoms with E-state index in [-0.39, 0.29) is 0 Å². The van der Waals surface area contributed by atoms with Gasteiger partial charge in [0.25, 0.3) is 0 Å². The first-order valence-corrected chi connectivity index (χ1v) is 5.34. The van der Waals surface area contributed by atoms with Gasteiger partial charge in [-0.1, -0.05) is 0 Å². The maximum absolute atomic E-state index is 11.5. The summed E-state index contributed by atoms with van der Waals surface area (Å²) < 4.78 is 5.05. The van der Waals surface area contributed by atoms with Gasteiger partial charge in [-0.3, -0.25) is 4.90 Å². The number of amides is 1. The molecule has 1 unspecified atom stereocenters. The first kappa shape index (κ1) is 10.3. The van der Waals surface area contributed by atoms with Gasteiger partial charge in [-0.05, 0) is 31.6 Å². The quantitative estimate of drug-likeness (QED) is 0.761. The second-order valence-corrected chi connectivity index (χ2v) is 4.21. The first-order valence-electron chi connectivity index (χ1n) is 5.34. The van der Waals surface area contributed by atoms with Crippen molar-refractivity contribution in [2.45, 2.75) is 31.7 Å². The number of carboxylic acid groups (broad SMARTS) is 1. The zero-order valence-corrected chi connectivity index (χ0v) is 8.52. The fraction of sp³-hybridized carbons (Fsp3) is 0.800. The molecule has 0 spiro atoms. The van der Waals surface area contributed by atoms with Gasteiger partial charge in [-0.25, -0.2) is 9.59 Å². The van der Waals surface area contributed by atoms with Crippen LogP contribution in [0, 0.1) is 5.92 Å². The van der Waals surface area contributed by atoms with Crippen LogP contribution in [0.1, 0.15) is 25.7 Å². The van der Waals surface area contributed by atoms with Crippen LogP contribution in [-0.2, 0) is 9.53 Å². The van der Waals surface area contributed by atoms with E-state index in [1.807, 2.05) is 0 Å². The summed E-state index contributed by atoms with van der Waals surface area (Å²) in [5.41, 5.74) is 0. The average molecular weight is 213 g/mol. The highest BCUT2D eigenvalue weighted by molar-refractivity contribution is 5.80. The normalized spacial score (nSPS) is 25.3. The predicted molar refractivity (Wildman–Crippen MR) is 51.4 cm³/mol. The molecule has 1 amide bonds. The number of rotatable bonds is 3. The van der Waals surface area contributed by atoms with E-state index in [4.69, 9.17) is 9.84 Å². The van der Waals surface area contributed by atoms with Gasteiger partial charge in [0.1, 0.15) is 6.04 Å². The molecule has 1 saturated heterocycles. The molecule has 1 atom stereocenters. The number of nitrogens with zero attached hydrogens (tertiary/aromatic N) is 1. The molecule has 0 radical (unpaired) electrons. The molecule has 1 aliphatic carbocycles. The molecule has 1 heterocycles. The molecule has 0 aromatic carbocycles. The van der Waals surface area contributed by atoms with Gasteiger partial charge in [-0.2, -0.15) is 0 Å². The van der Waals surface area contributed by atoms with E-state index < -0.39 is 18.1 Å². The Bertz CT molecular complexity index is 275. The van der Waals surface area contributed by atoms with Gasteiger partial charge in [0.05, 0.1) is 6.61 Å². The lowest BCUT2D eigenvalue weighted by molar-refractivity contribution is -0.141. The molecule has 0 bridgehead atoms. The zero-order valence-electron chi connectivity index (χ0n) is 8.52. The molecular formula is C10H15NO4. The van der Waals surface area contributed by atoms with Crippen LogP contribution >= 0.6 is 0 Å². The van der Waals surface area contributed by atoms with Crippen LogP contribution in [0.25, 0.3) is 0 Å². The molecule has 2 aliphatic rings. The lowest BCUT2D eigenvalue weighted by Crippen LogP contribution is -2.40. The van der Waals surface area contributed by atoms with Gasteiger partial charge in [0.2, 0.25) is 0 Å². The number of ether oxygens (including phenoxy) is 1. The van der Waals surface area contributed by atoms with Gasteiger partial charge < -0.3 is 9.84 Å². The summed E-state index contributed by atoms with van der Waals surface area (Å²) in [5.74, 6) is -0.421. The first-order chi connectivity index (χ1) is 7.18. The highest BCUT2D eigenvalue weighted by Gasteiger charge is 2.35. The fourth-order valence-corrected chi connectivity index (χ4v) is 1.80. The molecule has 1 saturated carbocycles. The second kappa shape index (κ2) is 4.08. The van der Waals surface area contributed by atoms with Crippen molar-refractivity contribution in [3.8, 4) is 0 Å². The molecule has 5 nitrogen and oxygen atoms in total. The second-order valence-electron chi connectivity index (χ2n) is 4.21. The van der Waals surface area contributed by atoms with E-state index in [0.717, 1.165) is 19.3 Å². The van der Waals surface area contributed by atoms with E-state index in [9.17, 15) is 9.59 Å². The number of carbonyl (C=O) groups is 2. The maximum Gasteiger partial charge on any atom is 0.410 e. The number of hydrogen-bond donors (Lipinski definition) is 1. The van der Waals surface area contributed by atoms with Crippen molar-refractivity contribution >= 4 is 12.1 Å². The van der Waals surface area contributed by atoms with Crippen molar-refractivity contribution in [2.24, 2.45) is 5.92 Å². The minimum Gasteiger partial charge on any atom is -0.480 e. The minimum absolute atomic E-state index is 0.446. The summed E-state index contributed by atoms with van der Waals surface area (Å²) in [6, 6.07) is -0.684.